The van der Waals surface area contributed by atoms with E-state index in [-0.39, 0.29) is 35.0 Å². The quantitative estimate of drug-likeness (QED) is 0.203. The Morgan fingerprint density at radius 1 is 1.38 bits per heavy atom. The van der Waals surface area contributed by atoms with Gasteiger partial charge in [-0.05, 0) is 18.1 Å². The largest absolute Gasteiger partial charge is 1.00 e. The van der Waals surface area contributed by atoms with Crippen molar-refractivity contribution in [2.45, 2.75) is 24.7 Å². The molecule has 1 aromatic rings. The monoisotopic (exact) mass is 262 g/mol. The van der Waals surface area contributed by atoms with Crippen LogP contribution in [0.1, 0.15) is 25.3 Å². The SMILES string of the molecule is CC(C)c1cc(O)cc(SC(N)=[NH2+])c1O.[Cl-]. The molecule has 16 heavy (non-hydrogen) atoms. The van der Waals surface area contributed by atoms with E-state index in [9.17, 15) is 10.2 Å². The van der Waals surface area contributed by atoms with Gasteiger partial charge in [-0.1, -0.05) is 13.8 Å². The van der Waals surface area contributed by atoms with E-state index in [1.54, 1.807) is 0 Å². The lowest BCUT2D eigenvalue weighted by molar-refractivity contribution is -0.110. The molecule has 0 radical (unpaired) electrons. The van der Waals surface area contributed by atoms with Gasteiger partial charge in [-0.2, -0.15) is 0 Å². The van der Waals surface area contributed by atoms with E-state index < -0.39 is 0 Å². The molecule has 0 fully saturated rings. The summed E-state index contributed by atoms with van der Waals surface area (Å²) in [5, 5.41) is 24.8. The molecule has 0 aliphatic carbocycles. The lowest BCUT2D eigenvalue weighted by Gasteiger charge is -2.11. The maximum atomic E-state index is 9.88. The molecule has 0 amide bonds. The molecule has 90 valence electrons. The average molecular weight is 263 g/mol. The van der Waals surface area contributed by atoms with E-state index in [1.165, 1.54) is 12.1 Å². The van der Waals surface area contributed by atoms with Gasteiger partial charge >= 0.3 is 5.17 Å². The number of benzene rings is 1. The number of nitrogens with two attached hydrogens (primary N) is 2. The number of halogens is 1. The van der Waals surface area contributed by atoms with Crippen molar-refractivity contribution in [3.63, 3.8) is 0 Å². The summed E-state index contributed by atoms with van der Waals surface area (Å²) in [6.07, 6.45) is 0. The van der Waals surface area contributed by atoms with Crippen molar-refractivity contribution in [3.05, 3.63) is 17.7 Å². The molecule has 1 aromatic carbocycles. The first kappa shape index (κ1) is 14.9. The number of phenolic OH excluding ortho intramolecular Hbond substituents is 2. The number of hydrogen-bond donors (Lipinski definition) is 4. The predicted octanol–water partition coefficient (Wildman–Crippen LogP) is -2.61. The fraction of sp³-hybridized carbons (Fsp3) is 0.300. The number of amidine groups is 1. The maximum absolute atomic E-state index is 9.88. The van der Waals surface area contributed by atoms with Gasteiger partial charge in [0.1, 0.15) is 11.5 Å². The van der Waals surface area contributed by atoms with Crippen LogP contribution >= 0.6 is 11.8 Å². The van der Waals surface area contributed by atoms with Crippen LogP contribution in [0.5, 0.6) is 11.5 Å². The maximum Gasteiger partial charge on any atom is 0.304 e. The van der Waals surface area contributed by atoms with Crippen LogP contribution in [0.2, 0.25) is 0 Å². The third-order valence-corrected chi connectivity index (χ3v) is 2.71. The normalized spacial score (nSPS) is 9.94. The molecule has 0 saturated heterocycles. The Balaban J connectivity index is 0.00000225. The number of aromatic hydroxyl groups is 2. The van der Waals surface area contributed by atoms with Crippen molar-refractivity contribution in [3.8, 4) is 11.5 Å². The van der Waals surface area contributed by atoms with Gasteiger partial charge < -0.3 is 22.6 Å². The zero-order chi connectivity index (χ0) is 11.6. The molecule has 6 heteroatoms. The number of hydrogen-bond acceptors (Lipinski definition) is 3. The molecule has 1 rings (SSSR count). The van der Waals surface area contributed by atoms with Gasteiger partial charge in [0.2, 0.25) is 0 Å². The highest BCUT2D eigenvalue weighted by Crippen LogP contribution is 2.38. The molecule has 0 unspecified atom stereocenters. The van der Waals surface area contributed by atoms with E-state index in [1.807, 2.05) is 13.8 Å². The Labute approximate surface area is 105 Å². The van der Waals surface area contributed by atoms with Crippen LogP contribution in [0.3, 0.4) is 0 Å². The minimum absolute atomic E-state index is 0. The first-order valence-electron chi connectivity index (χ1n) is 4.53. The second kappa shape index (κ2) is 5.86. The zero-order valence-corrected chi connectivity index (χ0v) is 10.6. The molecule has 0 saturated carbocycles. The summed E-state index contributed by atoms with van der Waals surface area (Å²) in [6.45, 7) is 3.86. The van der Waals surface area contributed by atoms with E-state index in [0.717, 1.165) is 11.8 Å². The first-order chi connectivity index (χ1) is 6.91. The molecule has 0 bridgehead atoms. The minimum Gasteiger partial charge on any atom is -1.00 e. The smallest absolute Gasteiger partial charge is 0.304 e. The third-order valence-electron chi connectivity index (χ3n) is 1.94. The van der Waals surface area contributed by atoms with Crippen molar-refractivity contribution in [1.82, 2.24) is 0 Å². The van der Waals surface area contributed by atoms with E-state index in [4.69, 9.17) is 11.1 Å². The van der Waals surface area contributed by atoms with E-state index in [2.05, 4.69) is 0 Å². The van der Waals surface area contributed by atoms with Crippen LogP contribution in [-0.2, 0) is 0 Å². The van der Waals surface area contributed by atoms with Crippen LogP contribution < -0.4 is 23.5 Å². The van der Waals surface area contributed by atoms with Crippen molar-refractivity contribution in [2.24, 2.45) is 5.73 Å². The molecular weight excluding hydrogens is 248 g/mol. The zero-order valence-electron chi connectivity index (χ0n) is 9.07. The van der Waals surface area contributed by atoms with E-state index >= 15 is 0 Å². The van der Waals surface area contributed by atoms with Gasteiger partial charge in [0.25, 0.3) is 0 Å². The summed E-state index contributed by atoms with van der Waals surface area (Å²) in [5.41, 5.74) is 6.01. The third kappa shape index (κ3) is 3.50. The Bertz CT molecular complexity index is 397. The summed E-state index contributed by atoms with van der Waals surface area (Å²) in [6, 6.07) is 2.97. The summed E-state index contributed by atoms with van der Waals surface area (Å²) < 4.78 is 0. The molecule has 4 nitrogen and oxygen atoms in total. The second-order valence-corrected chi connectivity index (χ2v) is 4.66. The van der Waals surface area contributed by atoms with Crippen LogP contribution in [0, 0.1) is 0 Å². The highest BCUT2D eigenvalue weighted by molar-refractivity contribution is 8.13. The van der Waals surface area contributed by atoms with E-state index in [0.29, 0.717) is 10.5 Å². The lowest BCUT2D eigenvalue weighted by atomic mass is 10.0. The standard InChI is InChI=1S/C10H14N2O2S.ClH/c1-5(2)7-3-6(13)4-8(9(7)14)15-10(11)12;/h3-5,13-14H,1-2H3,(H3,11,12);1H. The number of rotatable bonds is 2. The summed E-state index contributed by atoms with van der Waals surface area (Å²) >= 11 is 1.03. The molecule has 0 aliphatic rings. The average Bonchev–Trinajstić information content (AvgIpc) is 2.09. The van der Waals surface area contributed by atoms with Gasteiger partial charge in [0.15, 0.2) is 0 Å². The second-order valence-electron chi connectivity index (χ2n) is 3.54. The van der Waals surface area contributed by atoms with Gasteiger partial charge in [0.05, 0.1) is 4.90 Å². The number of thioether (sulfide) groups is 1. The van der Waals surface area contributed by atoms with Crippen molar-refractivity contribution in [2.75, 3.05) is 0 Å². The summed E-state index contributed by atoms with van der Waals surface area (Å²) in [5.74, 6) is 0.344. The molecule has 0 spiro atoms. The Hall–Kier alpha value is -1.07. The fourth-order valence-electron chi connectivity index (χ4n) is 1.26. The minimum atomic E-state index is 0. The Morgan fingerprint density at radius 3 is 2.38 bits per heavy atom. The Kier molecular flexibility index (Phi) is 5.47. The predicted molar refractivity (Wildman–Crippen MR) is 60.8 cm³/mol. The molecule has 0 heterocycles. The van der Waals surface area contributed by atoms with Gasteiger partial charge in [-0.15, -0.1) is 0 Å². The first-order valence-corrected chi connectivity index (χ1v) is 5.35. The van der Waals surface area contributed by atoms with Crippen molar-refractivity contribution >= 4 is 16.9 Å². The lowest BCUT2D eigenvalue weighted by Crippen LogP contribution is -3.00. The fourth-order valence-corrected chi connectivity index (χ4v) is 1.91. The topological polar surface area (TPSA) is 92.1 Å². The Morgan fingerprint density at radius 2 is 1.94 bits per heavy atom. The summed E-state index contributed by atoms with van der Waals surface area (Å²) in [7, 11) is 0. The van der Waals surface area contributed by atoms with Crippen molar-refractivity contribution in [1.29, 1.82) is 0 Å². The van der Waals surface area contributed by atoms with Gasteiger partial charge in [-0.25, -0.2) is 0 Å². The molecular formula is C10H15ClN2O2S. The molecule has 0 aromatic heterocycles. The van der Waals surface area contributed by atoms with Crippen molar-refractivity contribution < 1.29 is 28.0 Å². The highest BCUT2D eigenvalue weighted by atomic mass is 35.5. The highest BCUT2D eigenvalue weighted by Gasteiger charge is 2.15. The van der Waals surface area contributed by atoms with Crippen LogP contribution in [0.15, 0.2) is 17.0 Å². The van der Waals surface area contributed by atoms with Crippen LogP contribution in [0.25, 0.3) is 0 Å². The number of phenols is 2. The molecule has 0 aliphatic heterocycles. The van der Waals surface area contributed by atoms with Crippen LogP contribution in [0.4, 0.5) is 0 Å². The molecule has 6 N–H and O–H groups in total. The van der Waals surface area contributed by atoms with Gasteiger partial charge in [0, 0.05) is 17.3 Å². The summed E-state index contributed by atoms with van der Waals surface area (Å²) in [4.78, 5) is 0.471. The van der Waals surface area contributed by atoms with Crippen LogP contribution in [-0.4, -0.2) is 15.4 Å². The van der Waals surface area contributed by atoms with Gasteiger partial charge in [-0.3, -0.25) is 11.1 Å². The molecule has 0 atom stereocenters.